The molecule has 98 valence electrons. The predicted molar refractivity (Wildman–Crippen MR) is 67.7 cm³/mol. The number of nitrogen functional groups attached to an aromatic ring is 1. The smallest absolute Gasteiger partial charge is 0.337 e. The molecule has 6 nitrogen and oxygen atoms in total. The number of carbonyl (C=O) groups is 2. The van der Waals surface area contributed by atoms with E-state index >= 15 is 0 Å². The molecule has 1 aromatic carbocycles. The summed E-state index contributed by atoms with van der Waals surface area (Å²) in [6.07, 6.45) is 0. The third-order valence-corrected chi connectivity index (χ3v) is 2.42. The van der Waals surface area contributed by atoms with Crippen molar-refractivity contribution in [1.29, 1.82) is 0 Å². The number of nitrogens with zero attached hydrogens (tertiary/aromatic N) is 1. The van der Waals surface area contributed by atoms with Crippen molar-refractivity contribution < 1.29 is 19.4 Å². The van der Waals surface area contributed by atoms with Crippen LogP contribution in [0.4, 0.5) is 11.4 Å². The maximum absolute atomic E-state index is 11.7. The first-order valence-electron chi connectivity index (χ1n) is 5.44. The van der Waals surface area contributed by atoms with E-state index in [1.54, 1.807) is 13.0 Å². The lowest BCUT2D eigenvalue weighted by Gasteiger charge is -2.19. The van der Waals surface area contributed by atoms with E-state index in [9.17, 15) is 9.59 Å². The Kier molecular flexibility index (Phi) is 4.67. The number of amides is 1. The van der Waals surface area contributed by atoms with Crippen LogP contribution in [0.5, 0.6) is 0 Å². The number of rotatable bonds is 5. The zero-order chi connectivity index (χ0) is 13.7. The lowest BCUT2D eigenvalue weighted by Crippen LogP contribution is -2.31. The number of nitrogens with two attached hydrogens (primary N) is 1. The zero-order valence-corrected chi connectivity index (χ0v) is 10.3. The van der Waals surface area contributed by atoms with Gasteiger partial charge in [-0.2, -0.15) is 0 Å². The van der Waals surface area contributed by atoms with Crippen molar-refractivity contribution in [2.75, 3.05) is 30.9 Å². The number of carboxylic acid groups (broad SMARTS) is 1. The van der Waals surface area contributed by atoms with E-state index in [1.165, 1.54) is 24.1 Å². The summed E-state index contributed by atoms with van der Waals surface area (Å²) in [6.45, 7) is 2.11. The molecule has 0 saturated heterocycles. The lowest BCUT2D eigenvalue weighted by atomic mass is 10.1. The monoisotopic (exact) mass is 252 g/mol. The molecule has 0 atom stereocenters. The Morgan fingerprint density at radius 3 is 2.67 bits per heavy atom. The first-order chi connectivity index (χ1) is 8.47. The largest absolute Gasteiger partial charge is 0.478 e. The number of hydrogen-bond acceptors (Lipinski definition) is 4. The third kappa shape index (κ3) is 3.21. The van der Waals surface area contributed by atoms with Crippen LogP contribution in [0.3, 0.4) is 0 Å². The molecular weight excluding hydrogens is 236 g/mol. The van der Waals surface area contributed by atoms with Crippen LogP contribution in [-0.2, 0) is 9.53 Å². The van der Waals surface area contributed by atoms with Crippen molar-refractivity contribution in [1.82, 2.24) is 0 Å². The highest BCUT2D eigenvalue weighted by atomic mass is 16.5. The highest BCUT2D eigenvalue weighted by Crippen LogP contribution is 2.22. The van der Waals surface area contributed by atoms with Gasteiger partial charge in [0, 0.05) is 19.3 Å². The van der Waals surface area contributed by atoms with E-state index in [0.717, 1.165) is 0 Å². The molecule has 0 saturated carbocycles. The minimum Gasteiger partial charge on any atom is -0.478 e. The van der Waals surface area contributed by atoms with E-state index in [1.807, 2.05) is 0 Å². The van der Waals surface area contributed by atoms with Crippen LogP contribution in [-0.4, -0.2) is 37.2 Å². The Labute approximate surface area is 105 Å². The second-order valence-electron chi connectivity index (χ2n) is 3.67. The minimum atomic E-state index is -1.13. The van der Waals surface area contributed by atoms with Crippen LogP contribution >= 0.6 is 0 Å². The van der Waals surface area contributed by atoms with Gasteiger partial charge in [-0.3, -0.25) is 4.79 Å². The van der Waals surface area contributed by atoms with Gasteiger partial charge in [0.1, 0.15) is 6.61 Å². The molecular formula is C12H16N2O4. The number of carboxylic acids is 1. The fourth-order valence-corrected chi connectivity index (χ4v) is 1.44. The first kappa shape index (κ1) is 14.0. The first-order valence-corrected chi connectivity index (χ1v) is 5.44. The molecule has 0 aliphatic rings. The zero-order valence-electron chi connectivity index (χ0n) is 10.3. The molecule has 0 aliphatic heterocycles. The quantitative estimate of drug-likeness (QED) is 0.761. The Hall–Kier alpha value is -2.08. The number of aromatic carboxylic acids is 1. The van der Waals surface area contributed by atoms with Gasteiger partial charge in [0.2, 0.25) is 0 Å². The Bertz CT molecular complexity index is 459. The van der Waals surface area contributed by atoms with Crippen molar-refractivity contribution in [2.24, 2.45) is 0 Å². The average molecular weight is 252 g/mol. The molecule has 0 spiro atoms. The molecule has 0 bridgehead atoms. The van der Waals surface area contributed by atoms with E-state index in [2.05, 4.69) is 0 Å². The van der Waals surface area contributed by atoms with Gasteiger partial charge < -0.3 is 20.5 Å². The minimum absolute atomic E-state index is 0.0117. The van der Waals surface area contributed by atoms with E-state index in [-0.39, 0.29) is 18.1 Å². The van der Waals surface area contributed by atoms with Crippen LogP contribution in [0.25, 0.3) is 0 Å². The van der Waals surface area contributed by atoms with Crippen molar-refractivity contribution in [3.63, 3.8) is 0 Å². The SMILES string of the molecule is CCOCC(=O)N(C)c1ccc(N)cc1C(=O)O. The number of benzene rings is 1. The molecule has 0 heterocycles. The Balaban J connectivity index is 3.01. The molecule has 0 unspecified atom stereocenters. The standard InChI is InChI=1S/C12H16N2O4/c1-3-18-7-11(15)14(2)10-5-4-8(13)6-9(10)12(16)17/h4-6H,3,7,13H2,1-2H3,(H,16,17). The molecule has 0 aromatic heterocycles. The van der Waals surface area contributed by atoms with E-state index in [0.29, 0.717) is 18.0 Å². The molecule has 3 N–H and O–H groups in total. The van der Waals surface area contributed by atoms with Gasteiger partial charge in [-0.05, 0) is 25.1 Å². The lowest BCUT2D eigenvalue weighted by molar-refractivity contribution is -0.122. The Morgan fingerprint density at radius 1 is 1.44 bits per heavy atom. The van der Waals surface area contributed by atoms with Gasteiger partial charge in [0.05, 0.1) is 11.3 Å². The van der Waals surface area contributed by atoms with Crippen LogP contribution in [0.15, 0.2) is 18.2 Å². The van der Waals surface area contributed by atoms with Crippen molar-refractivity contribution >= 4 is 23.3 Å². The number of hydrogen-bond donors (Lipinski definition) is 2. The second-order valence-corrected chi connectivity index (χ2v) is 3.67. The Morgan fingerprint density at radius 2 is 2.11 bits per heavy atom. The fourth-order valence-electron chi connectivity index (χ4n) is 1.44. The second kappa shape index (κ2) is 6.02. The summed E-state index contributed by atoms with van der Waals surface area (Å²) < 4.78 is 5.00. The summed E-state index contributed by atoms with van der Waals surface area (Å²) in [7, 11) is 1.50. The summed E-state index contributed by atoms with van der Waals surface area (Å²) in [4.78, 5) is 24.1. The average Bonchev–Trinajstić information content (AvgIpc) is 2.34. The fraction of sp³-hybridized carbons (Fsp3) is 0.333. The third-order valence-electron chi connectivity index (χ3n) is 2.42. The summed E-state index contributed by atoms with van der Waals surface area (Å²) >= 11 is 0. The van der Waals surface area contributed by atoms with Crippen LogP contribution in [0, 0.1) is 0 Å². The predicted octanol–water partition coefficient (Wildman–Crippen LogP) is 0.966. The van der Waals surface area contributed by atoms with Crippen LogP contribution in [0.1, 0.15) is 17.3 Å². The van der Waals surface area contributed by atoms with Gasteiger partial charge >= 0.3 is 5.97 Å². The number of ether oxygens (including phenoxy) is 1. The number of anilines is 2. The van der Waals surface area contributed by atoms with Crippen molar-refractivity contribution in [2.45, 2.75) is 6.92 Å². The maximum Gasteiger partial charge on any atom is 0.337 e. The van der Waals surface area contributed by atoms with Gasteiger partial charge in [-0.15, -0.1) is 0 Å². The summed E-state index contributed by atoms with van der Waals surface area (Å²) in [5.41, 5.74) is 6.15. The summed E-state index contributed by atoms with van der Waals surface area (Å²) in [5, 5.41) is 9.07. The van der Waals surface area contributed by atoms with Crippen molar-refractivity contribution in [3.05, 3.63) is 23.8 Å². The van der Waals surface area contributed by atoms with Gasteiger partial charge in [0.15, 0.2) is 0 Å². The van der Waals surface area contributed by atoms with Gasteiger partial charge in [-0.25, -0.2) is 4.79 Å². The normalized spacial score (nSPS) is 10.1. The molecule has 18 heavy (non-hydrogen) atoms. The highest BCUT2D eigenvalue weighted by Gasteiger charge is 2.18. The summed E-state index contributed by atoms with van der Waals surface area (Å²) in [6, 6.07) is 4.37. The molecule has 1 amide bonds. The topological polar surface area (TPSA) is 92.9 Å². The molecule has 0 aliphatic carbocycles. The molecule has 0 radical (unpaired) electrons. The van der Waals surface area contributed by atoms with Gasteiger partial charge in [-0.1, -0.05) is 0 Å². The van der Waals surface area contributed by atoms with E-state index < -0.39 is 5.97 Å². The van der Waals surface area contributed by atoms with Crippen LogP contribution < -0.4 is 10.6 Å². The maximum atomic E-state index is 11.7. The highest BCUT2D eigenvalue weighted by molar-refractivity contribution is 6.02. The number of carbonyl (C=O) groups excluding carboxylic acids is 1. The van der Waals surface area contributed by atoms with Gasteiger partial charge in [0.25, 0.3) is 5.91 Å². The molecule has 1 aromatic rings. The van der Waals surface area contributed by atoms with E-state index in [4.69, 9.17) is 15.6 Å². The molecule has 0 fully saturated rings. The molecule has 6 heteroatoms. The van der Waals surface area contributed by atoms with Crippen LogP contribution in [0.2, 0.25) is 0 Å². The van der Waals surface area contributed by atoms with Crippen molar-refractivity contribution in [3.8, 4) is 0 Å². The number of likely N-dealkylation sites (N-methyl/N-ethyl adjacent to an activating group) is 1. The molecule has 1 rings (SSSR count). The summed E-state index contributed by atoms with van der Waals surface area (Å²) in [5.74, 6) is -1.45.